The predicted molar refractivity (Wildman–Crippen MR) is 92.6 cm³/mol. The minimum atomic E-state index is -1.04. The highest BCUT2D eigenvalue weighted by Gasteiger charge is 2.22. The van der Waals surface area contributed by atoms with Crippen LogP contribution in [-0.2, 0) is 14.3 Å². The number of amides is 3. The van der Waals surface area contributed by atoms with Crippen molar-refractivity contribution in [2.24, 2.45) is 0 Å². The van der Waals surface area contributed by atoms with Crippen LogP contribution >= 0.6 is 11.3 Å². The summed E-state index contributed by atoms with van der Waals surface area (Å²) in [5.74, 6) is -1.26. The fourth-order valence-corrected chi connectivity index (χ4v) is 3.29. The average Bonchev–Trinajstić information content (AvgIpc) is 3.16. The van der Waals surface area contributed by atoms with Gasteiger partial charge in [0.1, 0.15) is 0 Å². The van der Waals surface area contributed by atoms with Gasteiger partial charge in [-0.15, -0.1) is 11.3 Å². The normalized spacial score (nSPS) is 16.1. The van der Waals surface area contributed by atoms with Gasteiger partial charge in [0, 0.05) is 17.0 Å². The molecule has 1 saturated carbocycles. The monoisotopic (exact) mass is 350 g/mol. The lowest BCUT2D eigenvalue weighted by Crippen LogP contribution is -2.47. The van der Waals surface area contributed by atoms with Crippen LogP contribution in [0.5, 0.6) is 0 Å². The number of aryl methyl sites for hydroxylation is 1. The number of carbonyl (C=O) groups excluding carboxylic acids is 3. The Hall–Kier alpha value is -2.15. The first-order valence-electron chi connectivity index (χ1n) is 8.00. The molecule has 0 aliphatic heterocycles. The van der Waals surface area contributed by atoms with E-state index < -0.39 is 24.0 Å². The first-order chi connectivity index (χ1) is 11.5. The third kappa shape index (κ3) is 5.49. The summed E-state index contributed by atoms with van der Waals surface area (Å²) in [5, 5.41) is 6.88. The van der Waals surface area contributed by atoms with Gasteiger partial charge in [-0.05, 0) is 49.8 Å². The van der Waals surface area contributed by atoms with Crippen LogP contribution in [0.15, 0.2) is 17.5 Å². The maximum Gasteiger partial charge on any atom is 0.331 e. The number of imide groups is 1. The standard InChI is InChI=1S/C17H22N2O4S/c1-11-9-10-24-14(11)7-8-15(20)23-12(2)16(21)19-17(22)18-13-5-3-4-6-13/h7-10,12-13H,3-6H2,1-2H3,(H2,18,19,21,22)/b8-7+/t12-/m0/s1. The van der Waals surface area contributed by atoms with Gasteiger partial charge in [0.05, 0.1) is 0 Å². The van der Waals surface area contributed by atoms with Crippen LogP contribution in [0, 0.1) is 6.92 Å². The molecule has 1 aromatic heterocycles. The van der Waals surface area contributed by atoms with Crippen LogP contribution in [0.3, 0.4) is 0 Å². The van der Waals surface area contributed by atoms with Gasteiger partial charge in [-0.2, -0.15) is 0 Å². The molecule has 0 unspecified atom stereocenters. The second kappa shape index (κ2) is 8.63. The number of esters is 1. The lowest BCUT2D eigenvalue weighted by molar-refractivity contribution is -0.149. The van der Waals surface area contributed by atoms with Crippen LogP contribution < -0.4 is 10.6 Å². The van der Waals surface area contributed by atoms with E-state index in [4.69, 9.17) is 4.74 Å². The van der Waals surface area contributed by atoms with Gasteiger partial charge in [0.2, 0.25) is 0 Å². The van der Waals surface area contributed by atoms with Crippen molar-refractivity contribution in [3.05, 3.63) is 28.0 Å². The van der Waals surface area contributed by atoms with E-state index in [1.54, 1.807) is 6.08 Å². The molecular formula is C17H22N2O4S. The molecule has 1 aliphatic carbocycles. The summed E-state index contributed by atoms with van der Waals surface area (Å²) in [6, 6.07) is 1.53. The molecule has 24 heavy (non-hydrogen) atoms. The predicted octanol–water partition coefficient (Wildman–Crippen LogP) is 2.77. The molecule has 0 bridgehead atoms. The smallest absolute Gasteiger partial charge is 0.331 e. The first kappa shape index (κ1) is 18.2. The Morgan fingerprint density at radius 1 is 1.33 bits per heavy atom. The van der Waals surface area contributed by atoms with Crippen LogP contribution in [0.4, 0.5) is 4.79 Å². The minimum absolute atomic E-state index is 0.118. The molecule has 3 amide bonds. The van der Waals surface area contributed by atoms with Gasteiger partial charge >= 0.3 is 12.0 Å². The van der Waals surface area contributed by atoms with Crippen molar-refractivity contribution in [1.82, 2.24) is 10.6 Å². The summed E-state index contributed by atoms with van der Waals surface area (Å²) in [6.45, 7) is 3.38. The molecule has 130 valence electrons. The van der Waals surface area contributed by atoms with E-state index in [9.17, 15) is 14.4 Å². The molecule has 0 saturated heterocycles. The second-order valence-electron chi connectivity index (χ2n) is 5.82. The molecule has 0 spiro atoms. The van der Waals surface area contributed by atoms with Crippen LogP contribution in [0.2, 0.25) is 0 Å². The molecule has 1 fully saturated rings. The van der Waals surface area contributed by atoms with Crippen molar-refractivity contribution in [2.45, 2.75) is 51.7 Å². The van der Waals surface area contributed by atoms with Gasteiger partial charge in [-0.25, -0.2) is 9.59 Å². The van der Waals surface area contributed by atoms with E-state index in [-0.39, 0.29) is 6.04 Å². The Labute approximate surface area is 145 Å². The van der Waals surface area contributed by atoms with Crippen molar-refractivity contribution >= 4 is 35.3 Å². The molecule has 1 aromatic rings. The number of hydrogen-bond donors (Lipinski definition) is 2. The maximum atomic E-state index is 11.9. The molecule has 6 nitrogen and oxygen atoms in total. The highest BCUT2D eigenvalue weighted by Crippen LogP contribution is 2.18. The third-order valence-corrected chi connectivity index (χ3v) is 4.85. The number of urea groups is 1. The lowest BCUT2D eigenvalue weighted by atomic mass is 10.2. The molecule has 2 N–H and O–H groups in total. The lowest BCUT2D eigenvalue weighted by Gasteiger charge is -2.15. The summed E-state index contributed by atoms with van der Waals surface area (Å²) in [5.41, 5.74) is 1.07. The van der Waals surface area contributed by atoms with E-state index >= 15 is 0 Å². The molecule has 1 heterocycles. The molecule has 1 aliphatic rings. The van der Waals surface area contributed by atoms with E-state index in [0.717, 1.165) is 36.1 Å². The van der Waals surface area contributed by atoms with Crippen molar-refractivity contribution in [3.8, 4) is 0 Å². The van der Waals surface area contributed by atoms with E-state index in [2.05, 4.69) is 10.6 Å². The summed E-state index contributed by atoms with van der Waals surface area (Å²) in [4.78, 5) is 36.3. The van der Waals surface area contributed by atoms with Gasteiger partial charge in [-0.3, -0.25) is 10.1 Å². The van der Waals surface area contributed by atoms with Gasteiger partial charge in [-0.1, -0.05) is 12.8 Å². The number of rotatable bonds is 5. The van der Waals surface area contributed by atoms with Crippen LogP contribution in [0.25, 0.3) is 6.08 Å². The number of ether oxygens (including phenoxy) is 1. The van der Waals surface area contributed by atoms with Gasteiger partial charge < -0.3 is 10.1 Å². The number of carbonyl (C=O) groups is 3. The van der Waals surface area contributed by atoms with Gasteiger partial charge in [0.15, 0.2) is 6.10 Å². The highest BCUT2D eigenvalue weighted by molar-refractivity contribution is 7.11. The Kier molecular flexibility index (Phi) is 6.54. The summed E-state index contributed by atoms with van der Waals surface area (Å²) < 4.78 is 5.01. The molecular weight excluding hydrogens is 328 g/mol. The fraction of sp³-hybridized carbons (Fsp3) is 0.471. The minimum Gasteiger partial charge on any atom is -0.449 e. The first-order valence-corrected chi connectivity index (χ1v) is 8.88. The topological polar surface area (TPSA) is 84.5 Å². The van der Waals surface area contributed by atoms with Crippen LogP contribution in [-0.4, -0.2) is 30.1 Å². The SMILES string of the molecule is Cc1ccsc1/C=C/C(=O)O[C@@H](C)C(=O)NC(=O)NC1CCCC1. The zero-order valence-electron chi connectivity index (χ0n) is 13.8. The zero-order valence-corrected chi connectivity index (χ0v) is 14.7. The largest absolute Gasteiger partial charge is 0.449 e. The Morgan fingerprint density at radius 3 is 2.67 bits per heavy atom. The second-order valence-corrected chi connectivity index (χ2v) is 6.77. The molecule has 1 atom stereocenters. The summed E-state index contributed by atoms with van der Waals surface area (Å²) in [7, 11) is 0. The van der Waals surface area contributed by atoms with E-state index in [1.165, 1.54) is 24.3 Å². The zero-order chi connectivity index (χ0) is 17.5. The summed E-state index contributed by atoms with van der Waals surface area (Å²) >= 11 is 1.51. The Bertz CT molecular complexity index is 632. The van der Waals surface area contributed by atoms with Crippen LogP contribution in [0.1, 0.15) is 43.0 Å². The van der Waals surface area contributed by atoms with Crippen molar-refractivity contribution < 1.29 is 19.1 Å². The molecule has 0 radical (unpaired) electrons. The summed E-state index contributed by atoms with van der Waals surface area (Å²) in [6.07, 6.45) is 5.92. The van der Waals surface area contributed by atoms with E-state index in [1.807, 2.05) is 18.4 Å². The highest BCUT2D eigenvalue weighted by atomic mass is 32.1. The Balaban J connectivity index is 1.75. The fourth-order valence-electron chi connectivity index (χ4n) is 2.47. The Morgan fingerprint density at radius 2 is 2.04 bits per heavy atom. The number of thiophene rings is 1. The van der Waals surface area contributed by atoms with E-state index in [0.29, 0.717) is 0 Å². The van der Waals surface area contributed by atoms with Crippen molar-refractivity contribution in [1.29, 1.82) is 0 Å². The average molecular weight is 350 g/mol. The molecule has 2 rings (SSSR count). The number of hydrogen-bond acceptors (Lipinski definition) is 5. The molecule has 7 heteroatoms. The maximum absolute atomic E-state index is 11.9. The molecule has 0 aromatic carbocycles. The quantitative estimate of drug-likeness (QED) is 0.632. The number of nitrogens with one attached hydrogen (secondary N) is 2. The van der Waals surface area contributed by atoms with Gasteiger partial charge in [0.25, 0.3) is 5.91 Å². The van der Waals surface area contributed by atoms with Crippen molar-refractivity contribution in [2.75, 3.05) is 0 Å². The third-order valence-electron chi connectivity index (χ3n) is 3.86. The van der Waals surface area contributed by atoms with Crippen molar-refractivity contribution in [3.63, 3.8) is 0 Å².